The number of aliphatic hydroxyl groups excluding tert-OH is 1. The van der Waals surface area contributed by atoms with E-state index in [2.05, 4.69) is 24.3 Å². The van der Waals surface area contributed by atoms with Crippen molar-refractivity contribution in [2.45, 2.75) is 37.4 Å². The summed E-state index contributed by atoms with van der Waals surface area (Å²) in [5.74, 6) is 2.95. The van der Waals surface area contributed by atoms with Crippen LogP contribution in [0.5, 0.6) is 17.2 Å². The molecule has 29 heavy (non-hydrogen) atoms. The van der Waals surface area contributed by atoms with Crippen LogP contribution in [0.3, 0.4) is 0 Å². The highest BCUT2D eigenvalue weighted by molar-refractivity contribution is 6.06. The quantitative estimate of drug-likeness (QED) is 0.635. The van der Waals surface area contributed by atoms with Crippen LogP contribution in [0.25, 0.3) is 21.9 Å². The molecule has 1 aliphatic heterocycles. The molecule has 2 bridgehead atoms. The molecule has 1 heterocycles. The highest BCUT2D eigenvalue weighted by atomic mass is 16.7. The summed E-state index contributed by atoms with van der Waals surface area (Å²) in [5, 5.41) is 22.2. The lowest BCUT2D eigenvalue weighted by Gasteiger charge is -2.36. The average molecular weight is 386 g/mol. The summed E-state index contributed by atoms with van der Waals surface area (Å²) in [6.07, 6.45) is 4.41. The van der Waals surface area contributed by atoms with Crippen molar-refractivity contribution in [1.29, 1.82) is 0 Å². The summed E-state index contributed by atoms with van der Waals surface area (Å²) in [7, 11) is 0. The fourth-order valence-electron chi connectivity index (χ4n) is 6.84. The lowest BCUT2D eigenvalue weighted by atomic mass is 9.66. The fraction of sp³-hybridized carbons (Fsp3) is 0.360. The number of fused-ring (bicyclic) bond motifs is 11. The third kappa shape index (κ3) is 1.84. The molecule has 2 N–H and O–H groups in total. The molecule has 3 aromatic carbocycles. The first kappa shape index (κ1) is 16.1. The van der Waals surface area contributed by atoms with Crippen molar-refractivity contribution in [3.05, 3.63) is 53.6 Å². The Balaban J connectivity index is 1.56. The van der Waals surface area contributed by atoms with Crippen LogP contribution in [-0.4, -0.2) is 23.1 Å². The highest BCUT2D eigenvalue weighted by Gasteiger charge is 2.57. The predicted molar refractivity (Wildman–Crippen MR) is 109 cm³/mol. The first-order valence-corrected chi connectivity index (χ1v) is 10.6. The van der Waals surface area contributed by atoms with E-state index in [1.54, 1.807) is 0 Å². The SMILES string of the molecule is OCC1Oc2cc3c(O)cc4c(c3cc2O1)-c1ccccc1C41CC2CCC1C2. The second kappa shape index (κ2) is 5.25. The van der Waals surface area contributed by atoms with Gasteiger partial charge in [0.1, 0.15) is 12.4 Å². The molecule has 4 atom stereocenters. The monoisotopic (exact) mass is 386 g/mol. The zero-order valence-corrected chi connectivity index (χ0v) is 16.0. The van der Waals surface area contributed by atoms with Crippen molar-refractivity contribution in [3.63, 3.8) is 0 Å². The zero-order valence-electron chi connectivity index (χ0n) is 16.0. The minimum absolute atomic E-state index is 0.0323. The third-order valence-electron chi connectivity index (χ3n) is 7.85. The van der Waals surface area contributed by atoms with E-state index in [0.29, 0.717) is 23.2 Å². The largest absolute Gasteiger partial charge is 0.507 e. The normalized spacial score (nSPS) is 30.3. The Morgan fingerprint density at radius 2 is 1.76 bits per heavy atom. The lowest BCUT2D eigenvalue weighted by molar-refractivity contribution is -0.000745. The first-order chi connectivity index (χ1) is 14.2. The third-order valence-corrected chi connectivity index (χ3v) is 7.85. The smallest absolute Gasteiger partial charge is 0.264 e. The Kier molecular flexibility index (Phi) is 2.92. The maximum absolute atomic E-state index is 11.0. The van der Waals surface area contributed by atoms with Gasteiger partial charge in [-0.05, 0) is 76.9 Å². The Morgan fingerprint density at radius 1 is 0.966 bits per heavy atom. The topological polar surface area (TPSA) is 58.9 Å². The summed E-state index contributed by atoms with van der Waals surface area (Å²) >= 11 is 0. The van der Waals surface area contributed by atoms with Gasteiger partial charge in [-0.2, -0.15) is 0 Å². The number of hydrogen-bond acceptors (Lipinski definition) is 4. The van der Waals surface area contributed by atoms with E-state index in [1.165, 1.54) is 47.9 Å². The predicted octanol–water partition coefficient (Wildman–Crippen LogP) is 4.72. The van der Waals surface area contributed by atoms with Crippen molar-refractivity contribution >= 4 is 10.8 Å². The molecule has 3 aliphatic carbocycles. The number of phenols is 1. The summed E-state index contributed by atoms with van der Waals surface area (Å²) in [5.41, 5.74) is 5.27. The number of rotatable bonds is 1. The molecule has 3 aromatic rings. The number of ether oxygens (including phenoxy) is 2. The molecule has 2 saturated carbocycles. The molecule has 2 fully saturated rings. The van der Waals surface area contributed by atoms with Crippen molar-refractivity contribution < 1.29 is 19.7 Å². The van der Waals surface area contributed by atoms with Gasteiger partial charge in [0, 0.05) is 10.8 Å². The molecule has 146 valence electrons. The van der Waals surface area contributed by atoms with E-state index < -0.39 is 6.29 Å². The van der Waals surface area contributed by atoms with Crippen LogP contribution in [0, 0.1) is 11.8 Å². The van der Waals surface area contributed by atoms with Crippen molar-refractivity contribution in [2.24, 2.45) is 11.8 Å². The first-order valence-electron chi connectivity index (χ1n) is 10.6. The van der Waals surface area contributed by atoms with Crippen LogP contribution in [-0.2, 0) is 5.41 Å². The molecular formula is C25H22O4. The van der Waals surface area contributed by atoms with Crippen molar-refractivity contribution in [1.82, 2.24) is 0 Å². The van der Waals surface area contributed by atoms with E-state index in [1.807, 2.05) is 18.2 Å². The molecular weight excluding hydrogens is 364 g/mol. The number of benzene rings is 3. The van der Waals surface area contributed by atoms with Gasteiger partial charge in [0.25, 0.3) is 6.29 Å². The maximum atomic E-state index is 11.0. The number of aliphatic hydroxyl groups is 1. The van der Waals surface area contributed by atoms with E-state index in [0.717, 1.165) is 16.7 Å². The summed E-state index contributed by atoms with van der Waals surface area (Å²) in [6, 6.07) is 14.7. The van der Waals surface area contributed by atoms with Gasteiger partial charge in [-0.15, -0.1) is 0 Å². The van der Waals surface area contributed by atoms with Gasteiger partial charge < -0.3 is 19.7 Å². The molecule has 4 aliphatic rings. The summed E-state index contributed by atoms with van der Waals surface area (Å²) in [6.45, 7) is -0.204. The molecule has 0 aromatic heterocycles. The highest BCUT2D eigenvalue weighted by Crippen LogP contribution is 2.67. The molecule has 4 nitrogen and oxygen atoms in total. The molecule has 0 saturated heterocycles. The van der Waals surface area contributed by atoms with Crippen molar-refractivity contribution in [2.75, 3.05) is 6.61 Å². The van der Waals surface area contributed by atoms with Gasteiger partial charge in [0.2, 0.25) is 0 Å². The Morgan fingerprint density at radius 3 is 2.48 bits per heavy atom. The molecule has 4 heteroatoms. The lowest BCUT2D eigenvalue weighted by Crippen LogP contribution is -2.31. The minimum atomic E-state index is -0.679. The maximum Gasteiger partial charge on any atom is 0.264 e. The van der Waals surface area contributed by atoms with E-state index >= 15 is 0 Å². The second-order valence-corrected chi connectivity index (χ2v) is 9.11. The fourth-order valence-corrected chi connectivity index (χ4v) is 6.84. The molecule has 1 spiro atoms. The number of phenolic OH excluding ortho intramolecular Hbond substituents is 1. The Labute approximate surface area is 168 Å². The van der Waals surface area contributed by atoms with Crippen LogP contribution in [0.4, 0.5) is 0 Å². The van der Waals surface area contributed by atoms with E-state index in [4.69, 9.17) is 9.47 Å². The van der Waals surface area contributed by atoms with Gasteiger partial charge in [-0.1, -0.05) is 30.7 Å². The van der Waals surface area contributed by atoms with Crippen molar-refractivity contribution in [3.8, 4) is 28.4 Å². The Hall–Kier alpha value is -2.72. The molecule has 7 rings (SSSR count). The second-order valence-electron chi connectivity index (χ2n) is 9.11. The van der Waals surface area contributed by atoms with Gasteiger partial charge in [0.05, 0.1) is 0 Å². The summed E-state index contributed by atoms with van der Waals surface area (Å²) < 4.78 is 11.4. The Bertz CT molecular complexity index is 1200. The molecule has 4 unspecified atom stereocenters. The standard InChI is InChI=1S/C25H22O4/c26-12-23-28-21-8-16-17(9-22(21)29-23)24-15-3-1-2-4-18(15)25(19(24)10-20(16)27)11-13-5-6-14(25)7-13/h1-4,8-10,13-14,23,26-27H,5-7,11-12H2. The molecule has 0 radical (unpaired) electrons. The molecule has 0 amide bonds. The number of hydrogen-bond donors (Lipinski definition) is 2. The van der Waals surface area contributed by atoms with Gasteiger partial charge in [-0.3, -0.25) is 0 Å². The van der Waals surface area contributed by atoms with Crippen LogP contribution in [0.2, 0.25) is 0 Å². The van der Waals surface area contributed by atoms with Crippen LogP contribution >= 0.6 is 0 Å². The van der Waals surface area contributed by atoms with Gasteiger partial charge in [-0.25, -0.2) is 0 Å². The average Bonchev–Trinajstić information content (AvgIpc) is 3.50. The summed E-state index contributed by atoms with van der Waals surface area (Å²) in [4.78, 5) is 0. The van der Waals surface area contributed by atoms with Crippen LogP contribution in [0.15, 0.2) is 42.5 Å². The zero-order chi connectivity index (χ0) is 19.3. The van der Waals surface area contributed by atoms with Gasteiger partial charge >= 0.3 is 0 Å². The van der Waals surface area contributed by atoms with E-state index in [-0.39, 0.29) is 12.0 Å². The minimum Gasteiger partial charge on any atom is -0.507 e. The van der Waals surface area contributed by atoms with Crippen LogP contribution in [0.1, 0.15) is 36.8 Å². The van der Waals surface area contributed by atoms with Crippen LogP contribution < -0.4 is 9.47 Å². The number of aromatic hydroxyl groups is 1. The van der Waals surface area contributed by atoms with E-state index in [9.17, 15) is 10.2 Å². The van der Waals surface area contributed by atoms with Gasteiger partial charge in [0.15, 0.2) is 11.5 Å².